The summed E-state index contributed by atoms with van der Waals surface area (Å²) in [5.41, 5.74) is 0.306. The van der Waals surface area contributed by atoms with Crippen LogP contribution in [0.5, 0.6) is 0 Å². The highest BCUT2D eigenvalue weighted by Gasteiger charge is 2.10. The Hall–Kier alpha value is -1.40. The normalized spacial score (nSPS) is 11.1. The van der Waals surface area contributed by atoms with E-state index in [1.165, 1.54) is 24.3 Å². The van der Waals surface area contributed by atoms with Crippen LogP contribution < -0.4 is 5.14 Å². The highest BCUT2D eigenvalue weighted by atomic mass is 32.2. The number of hydrogen-bond acceptors (Lipinski definition) is 4. The number of carbonyl (C=O) groups excluding carboxylic acids is 1. The van der Waals surface area contributed by atoms with Gasteiger partial charge in [0.2, 0.25) is 10.0 Å². The third-order valence-corrected chi connectivity index (χ3v) is 2.79. The van der Waals surface area contributed by atoms with E-state index in [0.29, 0.717) is 12.2 Å². The summed E-state index contributed by atoms with van der Waals surface area (Å²) in [5, 5.41) is 4.92. The largest absolute Gasteiger partial charge is 0.462 e. The predicted octanol–water partition coefficient (Wildman–Crippen LogP) is 0.901. The molecule has 0 spiro atoms. The Kier molecular flexibility index (Phi) is 4.03. The number of nitrogens with two attached hydrogens (primary N) is 1. The van der Waals surface area contributed by atoms with Crippen molar-refractivity contribution in [1.82, 2.24) is 0 Å². The molecule has 88 valence electrons. The van der Waals surface area contributed by atoms with Gasteiger partial charge in [-0.3, -0.25) is 0 Å². The average Bonchev–Trinajstić information content (AvgIpc) is 2.25. The summed E-state index contributed by atoms with van der Waals surface area (Å²) in [7, 11) is -3.71. The van der Waals surface area contributed by atoms with E-state index in [2.05, 4.69) is 0 Å². The maximum Gasteiger partial charge on any atom is 0.338 e. The SMILES string of the molecule is CCCOC(=O)c1ccc(S(N)(=O)=O)cc1. The quantitative estimate of drug-likeness (QED) is 0.796. The summed E-state index contributed by atoms with van der Waals surface area (Å²) in [5.74, 6) is -0.470. The first-order valence-corrected chi connectivity index (χ1v) is 6.29. The Morgan fingerprint density at radius 2 is 1.88 bits per heavy atom. The van der Waals surface area contributed by atoms with Crippen LogP contribution in [0.1, 0.15) is 23.7 Å². The van der Waals surface area contributed by atoms with Crippen LogP contribution in [0.15, 0.2) is 29.2 Å². The van der Waals surface area contributed by atoms with E-state index in [0.717, 1.165) is 6.42 Å². The second kappa shape index (κ2) is 5.09. The third-order valence-electron chi connectivity index (χ3n) is 1.86. The standard InChI is InChI=1S/C10H13NO4S/c1-2-7-15-10(12)8-3-5-9(6-4-8)16(11,13)14/h3-6H,2,7H2,1H3,(H2,11,13,14). The molecule has 0 amide bonds. The Morgan fingerprint density at radius 3 is 2.31 bits per heavy atom. The molecule has 0 atom stereocenters. The van der Waals surface area contributed by atoms with Crippen LogP contribution in [0.2, 0.25) is 0 Å². The molecule has 0 aliphatic heterocycles. The first-order valence-electron chi connectivity index (χ1n) is 4.75. The Bertz CT molecular complexity index is 464. The van der Waals surface area contributed by atoms with E-state index in [9.17, 15) is 13.2 Å². The minimum atomic E-state index is -3.71. The Labute approximate surface area is 94.3 Å². The van der Waals surface area contributed by atoms with Gasteiger partial charge in [-0.25, -0.2) is 18.4 Å². The first kappa shape index (κ1) is 12.7. The smallest absolute Gasteiger partial charge is 0.338 e. The number of hydrogen-bond donors (Lipinski definition) is 1. The molecule has 2 N–H and O–H groups in total. The van der Waals surface area contributed by atoms with Crippen LogP contribution >= 0.6 is 0 Å². The van der Waals surface area contributed by atoms with E-state index in [4.69, 9.17) is 9.88 Å². The summed E-state index contributed by atoms with van der Waals surface area (Å²) in [4.78, 5) is 11.3. The van der Waals surface area contributed by atoms with Gasteiger partial charge in [-0.05, 0) is 30.7 Å². The highest BCUT2D eigenvalue weighted by molar-refractivity contribution is 7.89. The van der Waals surface area contributed by atoms with Crippen molar-refractivity contribution in [2.45, 2.75) is 18.2 Å². The number of carbonyl (C=O) groups is 1. The molecular formula is C10H13NO4S. The van der Waals surface area contributed by atoms with Crippen molar-refractivity contribution in [3.8, 4) is 0 Å². The van der Waals surface area contributed by atoms with E-state index in [1.54, 1.807) is 0 Å². The fourth-order valence-corrected chi connectivity index (χ4v) is 1.57. The van der Waals surface area contributed by atoms with Crippen LogP contribution in [-0.4, -0.2) is 21.0 Å². The van der Waals surface area contributed by atoms with Crippen molar-refractivity contribution < 1.29 is 17.9 Å². The van der Waals surface area contributed by atoms with Crippen molar-refractivity contribution in [2.75, 3.05) is 6.61 Å². The van der Waals surface area contributed by atoms with E-state index in [1.807, 2.05) is 6.92 Å². The zero-order valence-electron chi connectivity index (χ0n) is 8.84. The highest BCUT2D eigenvalue weighted by Crippen LogP contribution is 2.09. The molecule has 0 aliphatic carbocycles. The molecule has 1 rings (SSSR count). The van der Waals surface area contributed by atoms with Crippen LogP contribution in [0.4, 0.5) is 0 Å². The summed E-state index contributed by atoms with van der Waals surface area (Å²) >= 11 is 0. The Morgan fingerprint density at radius 1 is 1.31 bits per heavy atom. The third kappa shape index (κ3) is 3.32. The Balaban J connectivity index is 2.83. The van der Waals surface area contributed by atoms with E-state index < -0.39 is 16.0 Å². The van der Waals surface area contributed by atoms with Crippen LogP contribution in [0.3, 0.4) is 0 Å². The van der Waals surface area contributed by atoms with Crippen molar-refractivity contribution in [1.29, 1.82) is 0 Å². The lowest BCUT2D eigenvalue weighted by Gasteiger charge is -2.03. The van der Waals surface area contributed by atoms with Crippen molar-refractivity contribution in [3.05, 3.63) is 29.8 Å². The molecule has 0 saturated heterocycles. The van der Waals surface area contributed by atoms with Gasteiger partial charge in [0, 0.05) is 0 Å². The van der Waals surface area contributed by atoms with Gasteiger partial charge in [-0.1, -0.05) is 6.92 Å². The van der Waals surface area contributed by atoms with Gasteiger partial charge < -0.3 is 4.74 Å². The minimum absolute atomic E-state index is 0.0282. The maximum absolute atomic E-state index is 11.4. The molecule has 0 bridgehead atoms. The molecular weight excluding hydrogens is 230 g/mol. The molecule has 0 radical (unpaired) electrons. The van der Waals surface area contributed by atoms with Gasteiger partial charge in [-0.15, -0.1) is 0 Å². The lowest BCUT2D eigenvalue weighted by Crippen LogP contribution is -2.12. The van der Waals surface area contributed by atoms with E-state index >= 15 is 0 Å². The number of primary sulfonamides is 1. The van der Waals surface area contributed by atoms with E-state index in [-0.39, 0.29) is 4.90 Å². The second-order valence-corrected chi connectivity index (χ2v) is 4.77. The van der Waals surface area contributed by atoms with Crippen LogP contribution in [-0.2, 0) is 14.8 Å². The summed E-state index contributed by atoms with van der Waals surface area (Å²) in [6.07, 6.45) is 0.737. The summed E-state index contributed by atoms with van der Waals surface area (Å²) in [6.45, 7) is 2.23. The molecule has 5 nitrogen and oxygen atoms in total. The number of sulfonamides is 1. The fourth-order valence-electron chi connectivity index (χ4n) is 1.06. The zero-order valence-corrected chi connectivity index (χ0v) is 9.66. The van der Waals surface area contributed by atoms with Gasteiger partial charge in [0.05, 0.1) is 17.1 Å². The monoisotopic (exact) mass is 243 g/mol. The van der Waals surface area contributed by atoms with Gasteiger partial charge >= 0.3 is 5.97 Å². The van der Waals surface area contributed by atoms with Gasteiger partial charge in [-0.2, -0.15) is 0 Å². The number of benzene rings is 1. The molecule has 0 fully saturated rings. The molecule has 1 aromatic carbocycles. The molecule has 0 aromatic heterocycles. The van der Waals surface area contributed by atoms with Gasteiger partial charge in [0.15, 0.2) is 0 Å². The van der Waals surface area contributed by atoms with Crippen molar-refractivity contribution >= 4 is 16.0 Å². The summed E-state index contributed by atoms with van der Waals surface area (Å²) < 4.78 is 26.8. The summed E-state index contributed by atoms with van der Waals surface area (Å²) in [6, 6.07) is 5.30. The molecule has 0 saturated carbocycles. The van der Waals surface area contributed by atoms with Gasteiger partial charge in [0.25, 0.3) is 0 Å². The molecule has 6 heteroatoms. The molecule has 0 unspecified atom stereocenters. The molecule has 16 heavy (non-hydrogen) atoms. The topological polar surface area (TPSA) is 86.5 Å². The first-order chi connectivity index (χ1) is 7.45. The fraction of sp³-hybridized carbons (Fsp3) is 0.300. The predicted molar refractivity (Wildman–Crippen MR) is 58.4 cm³/mol. The lowest BCUT2D eigenvalue weighted by molar-refractivity contribution is 0.0505. The van der Waals surface area contributed by atoms with Crippen LogP contribution in [0, 0.1) is 0 Å². The zero-order chi connectivity index (χ0) is 12.2. The van der Waals surface area contributed by atoms with Crippen molar-refractivity contribution in [2.24, 2.45) is 5.14 Å². The van der Waals surface area contributed by atoms with Crippen LogP contribution in [0.25, 0.3) is 0 Å². The molecule has 0 aliphatic rings. The minimum Gasteiger partial charge on any atom is -0.462 e. The number of ether oxygens (including phenoxy) is 1. The number of rotatable bonds is 4. The average molecular weight is 243 g/mol. The van der Waals surface area contributed by atoms with Crippen molar-refractivity contribution in [3.63, 3.8) is 0 Å². The lowest BCUT2D eigenvalue weighted by atomic mass is 10.2. The maximum atomic E-state index is 11.4. The van der Waals surface area contributed by atoms with Gasteiger partial charge in [0.1, 0.15) is 0 Å². The number of esters is 1. The molecule has 1 aromatic rings. The second-order valence-electron chi connectivity index (χ2n) is 3.21. The molecule has 0 heterocycles.